The van der Waals surface area contributed by atoms with E-state index in [1.807, 2.05) is 17.9 Å². The maximum atomic E-state index is 12.8. The molecule has 30 heavy (non-hydrogen) atoms. The van der Waals surface area contributed by atoms with Gasteiger partial charge < -0.3 is 15.5 Å². The first-order valence-corrected chi connectivity index (χ1v) is 10.6. The molecule has 2 N–H and O–H groups in total. The predicted octanol–water partition coefficient (Wildman–Crippen LogP) is 3.45. The van der Waals surface area contributed by atoms with Crippen LogP contribution in [0.15, 0.2) is 29.3 Å². The normalized spacial score (nSPS) is 19.8. The van der Waals surface area contributed by atoms with E-state index in [0.29, 0.717) is 25.0 Å². The number of halogens is 1. The average molecular weight is 529 g/mol. The number of hydrogen-bond acceptors (Lipinski definition) is 4. The molecule has 1 atom stereocenters. The van der Waals surface area contributed by atoms with Gasteiger partial charge in [-0.15, -0.1) is 24.0 Å². The number of likely N-dealkylation sites (tertiary alicyclic amines) is 1. The van der Waals surface area contributed by atoms with Crippen molar-refractivity contribution < 1.29 is 9.72 Å². The van der Waals surface area contributed by atoms with E-state index in [1.165, 1.54) is 25.3 Å². The molecule has 1 aliphatic heterocycles. The van der Waals surface area contributed by atoms with Crippen LogP contribution in [0.3, 0.4) is 0 Å². The number of hydrogen-bond donors (Lipinski definition) is 2. The van der Waals surface area contributed by atoms with Gasteiger partial charge in [0.15, 0.2) is 5.96 Å². The molecule has 0 spiro atoms. The van der Waals surface area contributed by atoms with Gasteiger partial charge in [0.2, 0.25) is 5.91 Å². The second kappa shape index (κ2) is 12.1. The molecule has 1 heterocycles. The average Bonchev–Trinajstić information content (AvgIpc) is 3.21. The molecule has 1 saturated carbocycles. The number of nitro groups is 1. The lowest BCUT2D eigenvalue weighted by Gasteiger charge is -2.26. The number of non-ortho nitro benzene ring substituents is 1. The Morgan fingerprint density at radius 1 is 1.27 bits per heavy atom. The molecule has 2 aliphatic rings. The Kier molecular flexibility index (Phi) is 9.80. The summed E-state index contributed by atoms with van der Waals surface area (Å²) < 4.78 is 0. The van der Waals surface area contributed by atoms with Gasteiger partial charge in [0.1, 0.15) is 0 Å². The summed E-state index contributed by atoms with van der Waals surface area (Å²) in [6.45, 7) is 4.57. The minimum atomic E-state index is -0.396. The number of rotatable bonds is 6. The van der Waals surface area contributed by atoms with E-state index in [1.54, 1.807) is 12.1 Å². The number of guanidine groups is 1. The largest absolute Gasteiger partial charge is 0.357 e. The molecule has 1 aliphatic carbocycles. The van der Waals surface area contributed by atoms with E-state index in [9.17, 15) is 14.9 Å². The molecule has 1 aromatic rings. The van der Waals surface area contributed by atoms with Crippen molar-refractivity contribution in [3.63, 3.8) is 0 Å². The zero-order valence-corrected chi connectivity index (χ0v) is 19.8. The molecule has 1 amide bonds. The van der Waals surface area contributed by atoms with Gasteiger partial charge in [-0.1, -0.05) is 31.4 Å². The summed E-state index contributed by atoms with van der Waals surface area (Å²) in [6.07, 6.45) is 6.55. The Bertz CT molecular complexity index is 752. The summed E-state index contributed by atoms with van der Waals surface area (Å²) >= 11 is 0. The van der Waals surface area contributed by atoms with Gasteiger partial charge in [0.25, 0.3) is 5.69 Å². The van der Waals surface area contributed by atoms with Gasteiger partial charge in [-0.3, -0.25) is 14.9 Å². The number of benzene rings is 1. The minimum Gasteiger partial charge on any atom is -0.357 e. The van der Waals surface area contributed by atoms with Gasteiger partial charge in [-0.25, -0.2) is 4.99 Å². The quantitative estimate of drug-likeness (QED) is 0.193. The van der Waals surface area contributed by atoms with Gasteiger partial charge >= 0.3 is 0 Å². The highest BCUT2D eigenvalue weighted by molar-refractivity contribution is 14.0. The topological polar surface area (TPSA) is 99.9 Å². The number of nitro benzene ring substituents is 1. The fraction of sp³-hybridized carbons (Fsp3) is 0.619. The maximum absolute atomic E-state index is 12.8. The van der Waals surface area contributed by atoms with Crippen molar-refractivity contribution in [2.75, 3.05) is 19.6 Å². The molecule has 0 aromatic heterocycles. The maximum Gasteiger partial charge on any atom is 0.269 e. The highest BCUT2D eigenvalue weighted by atomic mass is 127. The molecule has 1 aromatic carbocycles. The molecule has 8 nitrogen and oxygen atoms in total. The van der Waals surface area contributed by atoms with Crippen LogP contribution in [0.5, 0.6) is 0 Å². The van der Waals surface area contributed by atoms with Crippen LogP contribution in [0.1, 0.15) is 51.0 Å². The van der Waals surface area contributed by atoms with Crippen molar-refractivity contribution in [2.24, 2.45) is 10.9 Å². The Hall–Kier alpha value is -1.91. The molecular formula is C21H32IN5O3. The van der Waals surface area contributed by atoms with Crippen LogP contribution in [-0.4, -0.2) is 47.4 Å². The van der Waals surface area contributed by atoms with E-state index >= 15 is 0 Å². The van der Waals surface area contributed by atoms with Crippen LogP contribution in [0.2, 0.25) is 0 Å². The fourth-order valence-corrected chi connectivity index (χ4v) is 4.14. The minimum absolute atomic E-state index is 0. The molecule has 0 bridgehead atoms. The lowest BCUT2D eigenvalue weighted by Crippen LogP contribution is -2.45. The first kappa shape index (κ1) is 24.4. The van der Waals surface area contributed by atoms with Crippen molar-refractivity contribution >= 4 is 41.5 Å². The van der Waals surface area contributed by atoms with Crippen molar-refractivity contribution in [1.82, 2.24) is 15.5 Å². The molecule has 3 rings (SSSR count). The molecule has 2 fully saturated rings. The summed E-state index contributed by atoms with van der Waals surface area (Å²) in [7, 11) is 0. The molecule has 1 unspecified atom stereocenters. The van der Waals surface area contributed by atoms with E-state index < -0.39 is 4.92 Å². The van der Waals surface area contributed by atoms with Crippen molar-refractivity contribution in [3.05, 3.63) is 39.9 Å². The lowest BCUT2D eigenvalue weighted by atomic mass is 9.88. The Morgan fingerprint density at radius 2 is 2.03 bits per heavy atom. The van der Waals surface area contributed by atoms with Crippen molar-refractivity contribution in [2.45, 2.75) is 58.0 Å². The Labute approximate surface area is 195 Å². The lowest BCUT2D eigenvalue weighted by molar-refractivity contribution is -0.384. The molecule has 1 saturated heterocycles. The van der Waals surface area contributed by atoms with Gasteiger partial charge in [-0.2, -0.15) is 0 Å². The summed E-state index contributed by atoms with van der Waals surface area (Å²) in [5, 5.41) is 17.6. The molecule has 166 valence electrons. The van der Waals surface area contributed by atoms with Gasteiger partial charge in [0, 0.05) is 43.7 Å². The van der Waals surface area contributed by atoms with Gasteiger partial charge in [-0.05, 0) is 31.7 Å². The number of nitrogens with one attached hydrogen (secondary N) is 2. The number of aliphatic imine (C=N–C) groups is 1. The number of carbonyl (C=O) groups is 1. The first-order valence-electron chi connectivity index (χ1n) is 10.6. The van der Waals surface area contributed by atoms with E-state index in [2.05, 4.69) is 15.6 Å². The second-order valence-corrected chi connectivity index (χ2v) is 7.87. The molecule has 9 heteroatoms. The second-order valence-electron chi connectivity index (χ2n) is 7.87. The number of nitrogens with zero attached hydrogens (tertiary/aromatic N) is 3. The monoisotopic (exact) mass is 529 g/mol. The standard InChI is InChI=1S/C21H31N5O3.HI/c1-2-22-21(23-14-16-7-6-10-19(13-16)26(28)29)24-18-11-12-25(15-18)20(27)17-8-4-3-5-9-17;/h6-7,10,13,17-18H,2-5,8-9,11-12,14-15H2,1H3,(H2,22,23,24);1H. The van der Waals surface area contributed by atoms with Crippen LogP contribution >= 0.6 is 24.0 Å². The third-order valence-corrected chi connectivity index (χ3v) is 5.68. The summed E-state index contributed by atoms with van der Waals surface area (Å²) in [4.78, 5) is 29.9. The predicted molar refractivity (Wildman–Crippen MR) is 128 cm³/mol. The smallest absolute Gasteiger partial charge is 0.269 e. The van der Waals surface area contributed by atoms with E-state index in [0.717, 1.165) is 37.9 Å². The van der Waals surface area contributed by atoms with E-state index in [4.69, 9.17) is 0 Å². The SMILES string of the molecule is CCNC(=NCc1cccc([N+](=O)[O-])c1)NC1CCN(C(=O)C2CCCCC2)C1.I. The third kappa shape index (κ3) is 6.82. The van der Waals surface area contributed by atoms with Crippen molar-refractivity contribution in [3.8, 4) is 0 Å². The summed E-state index contributed by atoms with van der Waals surface area (Å²) in [5.74, 6) is 1.20. The van der Waals surface area contributed by atoms with Crippen LogP contribution in [0.25, 0.3) is 0 Å². The van der Waals surface area contributed by atoms with Crippen molar-refractivity contribution in [1.29, 1.82) is 0 Å². The number of amides is 1. The molecule has 0 radical (unpaired) electrons. The van der Waals surface area contributed by atoms with Crippen LogP contribution in [0, 0.1) is 16.0 Å². The third-order valence-electron chi connectivity index (χ3n) is 5.68. The van der Waals surface area contributed by atoms with Crippen LogP contribution < -0.4 is 10.6 Å². The zero-order chi connectivity index (χ0) is 20.6. The van der Waals surface area contributed by atoms with Crippen LogP contribution in [-0.2, 0) is 11.3 Å². The fourth-order valence-electron chi connectivity index (χ4n) is 4.14. The Morgan fingerprint density at radius 3 is 2.73 bits per heavy atom. The number of carbonyl (C=O) groups excluding carboxylic acids is 1. The summed E-state index contributed by atoms with van der Waals surface area (Å²) in [6, 6.07) is 6.71. The van der Waals surface area contributed by atoms with Gasteiger partial charge in [0.05, 0.1) is 11.5 Å². The first-order chi connectivity index (χ1) is 14.1. The molecular weight excluding hydrogens is 497 g/mol. The Balaban J connectivity index is 0.00000320. The van der Waals surface area contributed by atoms with E-state index in [-0.39, 0.29) is 41.6 Å². The zero-order valence-electron chi connectivity index (χ0n) is 17.5. The highest BCUT2D eigenvalue weighted by Gasteiger charge is 2.31. The summed E-state index contributed by atoms with van der Waals surface area (Å²) in [5.41, 5.74) is 0.861. The highest BCUT2D eigenvalue weighted by Crippen LogP contribution is 2.26. The van der Waals surface area contributed by atoms with Crippen LogP contribution in [0.4, 0.5) is 5.69 Å².